The molecule has 0 bridgehead atoms. The minimum Gasteiger partial charge on any atom is -0.341 e. The number of hydrogen-bond donors (Lipinski definition) is 1. The molecule has 6 nitrogen and oxygen atoms in total. The molecule has 0 radical (unpaired) electrons. The first kappa shape index (κ1) is 18.8. The molecule has 2 heterocycles. The van der Waals surface area contributed by atoms with Crippen molar-refractivity contribution in [3.63, 3.8) is 0 Å². The van der Waals surface area contributed by atoms with Crippen molar-refractivity contribution in [3.8, 4) is 22.5 Å². The largest absolute Gasteiger partial charge is 0.341 e. The van der Waals surface area contributed by atoms with Crippen molar-refractivity contribution in [2.75, 3.05) is 0 Å². The molecule has 0 spiro atoms. The lowest BCUT2D eigenvalue weighted by Crippen LogP contribution is -2.26. The second-order valence-electron chi connectivity index (χ2n) is 6.47. The molecule has 2 aromatic heterocycles. The van der Waals surface area contributed by atoms with Crippen LogP contribution in [0.3, 0.4) is 0 Å². The number of rotatable bonds is 5. The summed E-state index contributed by atoms with van der Waals surface area (Å²) in [4.78, 5) is 20.9. The SMILES string of the molecule is CC(NC(=O)c1ccc(-c2ccncc2)cc1)c1nc(-c2ccc(Cl)cc2)no1. The van der Waals surface area contributed by atoms with Crippen LogP contribution in [-0.4, -0.2) is 21.0 Å². The Labute approximate surface area is 172 Å². The van der Waals surface area contributed by atoms with Crippen LogP contribution in [0.2, 0.25) is 5.02 Å². The third-order valence-electron chi connectivity index (χ3n) is 4.42. The van der Waals surface area contributed by atoms with Crippen molar-refractivity contribution >= 4 is 17.5 Å². The molecule has 0 saturated carbocycles. The molecular weight excluding hydrogens is 388 g/mol. The van der Waals surface area contributed by atoms with Gasteiger partial charge in [-0.1, -0.05) is 28.9 Å². The predicted molar refractivity (Wildman–Crippen MR) is 110 cm³/mol. The van der Waals surface area contributed by atoms with Gasteiger partial charge in [0.05, 0.1) is 0 Å². The van der Waals surface area contributed by atoms with Crippen molar-refractivity contribution in [1.29, 1.82) is 0 Å². The van der Waals surface area contributed by atoms with Gasteiger partial charge in [-0.2, -0.15) is 4.98 Å². The van der Waals surface area contributed by atoms with Gasteiger partial charge in [0.25, 0.3) is 5.91 Å². The van der Waals surface area contributed by atoms with Crippen LogP contribution >= 0.6 is 11.6 Å². The van der Waals surface area contributed by atoms with Crippen LogP contribution in [0.15, 0.2) is 77.6 Å². The molecule has 1 N–H and O–H groups in total. The first-order chi connectivity index (χ1) is 14.1. The standard InChI is InChI=1S/C22H17ClN4O2/c1-14(22-26-20(27-29-22)17-6-8-19(23)9-7-17)25-21(28)18-4-2-15(3-5-18)16-10-12-24-13-11-16/h2-14H,1H3,(H,25,28). The Morgan fingerprint density at radius 3 is 2.24 bits per heavy atom. The lowest BCUT2D eigenvalue weighted by Gasteiger charge is -2.10. The van der Waals surface area contributed by atoms with Gasteiger partial charge in [-0.3, -0.25) is 9.78 Å². The summed E-state index contributed by atoms with van der Waals surface area (Å²) in [5.41, 5.74) is 3.39. The summed E-state index contributed by atoms with van der Waals surface area (Å²) in [6, 6.07) is 17.9. The van der Waals surface area contributed by atoms with Crippen LogP contribution in [0.4, 0.5) is 0 Å². The average Bonchev–Trinajstić information content (AvgIpc) is 3.25. The molecule has 4 aromatic rings. The second kappa shape index (κ2) is 8.24. The number of pyridine rings is 1. The number of carbonyl (C=O) groups is 1. The summed E-state index contributed by atoms with van der Waals surface area (Å²) in [5.74, 6) is 0.557. The number of carbonyl (C=O) groups excluding carboxylic acids is 1. The molecular formula is C22H17ClN4O2. The number of halogens is 1. The smallest absolute Gasteiger partial charge is 0.251 e. The lowest BCUT2D eigenvalue weighted by molar-refractivity contribution is 0.0932. The molecule has 0 aliphatic carbocycles. The van der Waals surface area contributed by atoms with E-state index in [1.807, 2.05) is 36.4 Å². The summed E-state index contributed by atoms with van der Waals surface area (Å²) < 4.78 is 5.31. The van der Waals surface area contributed by atoms with E-state index >= 15 is 0 Å². The molecule has 0 aliphatic heterocycles. The summed E-state index contributed by atoms with van der Waals surface area (Å²) in [6.07, 6.45) is 3.47. The molecule has 1 unspecified atom stereocenters. The molecule has 4 rings (SSSR count). The lowest BCUT2D eigenvalue weighted by atomic mass is 10.0. The van der Waals surface area contributed by atoms with E-state index in [2.05, 4.69) is 20.4 Å². The van der Waals surface area contributed by atoms with E-state index in [9.17, 15) is 4.79 Å². The van der Waals surface area contributed by atoms with Crippen molar-refractivity contribution in [1.82, 2.24) is 20.4 Å². The Bertz CT molecular complexity index is 1110. The van der Waals surface area contributed by atoms with Crippen molar-refractivity contribution < 1.29 is 9.32 Å². The Morgan fingerprint density at radius 1 is 0.931 bits per heavy atom. The molecule has 1 atom stereocenters. The quantitative estimate of drug-likeness (QED) is 0.509. The van der Waals surface area contributed by atoms with Crippen molar-refractivity contribution in [2.45, 2.75) is 13.0 Å². The summed E-state index contributed by atoms with van der Waals surface area (Å²) in [7, 11) is 0. The molecule has 2 aromatic carbocycles. The van der Waals surface area contributed by atoms with Gasteiger partial charge in [-0.05, 0) is 66.6 Å². The zero-order valence-corrected chi connectivity index (χ0v) is 16.3. The fraction of sp³-hybridized carbons (Fsp3) is 0.0909. The Hall–Kier alpha value is -3.51. The number of amides is 1. The summed E-state index contributed by atoms with van der Waals surface area (Å²) in [6.45, 7) is 1.79. The summed E-state index contributed by atoms with van der Waals surface area (Å²) >= 11 is 5.90. The number of nitrogens with one attached hydrogen (secondary N) is 1. The molecule has 0 fully saturated rings. The molecule has 1 amide bonds. The number of benzene rings is 2. The predicted octanol–water partition coefficient (Wildman–Crippen LogP) is 4.94. The first-order valence-electron chi connectivity index (χ1n) is 9.01. The van der Waals surface area contributed by atoms with Gasteiger partial charge in [0.1, 0.15) is 6.04 Å². The van der Waals surface area contributed by atoms with E-state index < -0.39 is 6.04 Å². The zero-order valence-electron chi connectivity index (χ0n) is 15.5. The third-order valence-corrected chi connectivity index (χ3v) is 4.67. The Kier molecular flexibility index (Phi) is 5.35. The molecule has 144 valence electrons. The molecule has 7 heteroatoms. The molecule has 29 heavy (non-hydrogen) atoms. The molecule has 0 saturated heterocycles. The van der Waals surface area contributed by atoms with Crippen LogP contribution < -0.4 is 5.32 Å². The highest BCUT2D eigenvalue weighted by Gasteiger charge is 2.18. The van der Waals surface area contributed by atoms with Crippen LogP contribution in [-0.2, 0) is 0 Å². The van der Waals surface area contributed by atoms with Crippen LogP contribution in [0.25, 0.3) is 22.5 Å². The number of hydrogen-bond acceptors (Lipinski definition) is 5. The fourth-order valence-electron chi connectivity index (χ4n) is 2.83. The Morgan fingerprint density at radius 2 is 1.55 bits per heavy atom. The second-order valence-corrected chi connectivity index (χ2v) is 6.91. The van der Waals surface area contributed by atoms with Crippen LogP contribution in [0.5, 0.6) is 0 Å². The van der Waals surface area contributed by atoms with Gasteiger partial charge in [0.2, 0.25) is 11.7 Å². The zero-order chi connectivity index (χ0) is 20.2. The van der Waals surface area contributed by atoms with Gasteiger partial charge in [0.15, 0.2) is 0 Å². The fourth-order valence-corrected chi connectivity index (χ4v) is 2.95. The highest BCUT2D eigenvalue weighted by molar-refractivity contribution is 6.30. The maximum absolute atomic E-state index is 12.6. The van der Waals surface area contributed by atoms with E-state index in [0.29, 0.717) is 22.3 Å². The van der Waals surface area contributed by atoms with E-state index in [1.54, 1.807) is 43.6 Å². The van der Waals surface area contributed by atoms with Crippen LogP contribution in [0, 0.1) is 0 Å². The Balaban J connectivity index is 1.44. The van der Waals surface area contributed by atoms with Gasteiger partial charge < -0.3 is 9.84 Å². The maximum atomic E-state index is 12.6. The van der Waals surface area contributed by atoms with Gasteiger partial charge >= 0.3 is 0 Å². The topological polar surface area (TPSA) is 80.9 Å². The highest BCUT2D eigenvalue weighted by atomic mass is 35.5. The van der Waals surface area contributed by atoms with Crippen molar-refractivity contribution in [3.05, 3.63) is 89.5 Å². The average molecular weight is 405 g/mol. The van der Waals surface area contributed by atoms with E-state index in [1.165, 1.54) is 0 Å². The third kappa shape index (κ3) is 4.33. The minimum atomic E-state index is -0.434. The summed E-state index contributed by atoms with van der Waals surface area (Å²) in [5, 5.41) is 7.49. The normalized spacial score (nSPS) is 11.8. The highest BCUT2D eigenvalue weighted by Crippen LogP contribution is 2.22. The van der Waals surface area contributed by atoms with Gasteiger partial charge in [-0.25, -0.2) is 0 Å². The van der Waals surface area contributed by atoms with Crippen molar-refractivity contribution in [2.24, 2.45) is 0 Å². The van der Waals surface area contributed by atoms with Gasteiger partial charge in [-0.15, -0.1) is 0 Å². The number of aromatic nitrogens is 3. The number of nitrogens with zero attached hydrogens (tertiary/aromatic N) is 3. The van der Waals surface area contributed by atoms with E-state index in [4.69, 9.17) is 16.1 Å². The first-order valence-corrected chi connectivity index (χ1v) is 9.39. The molecule has 0 aliphatic rings. The minimum absolute atomic E-state index is 0.218. The van der Waals surface area contributed by atoms with Crippen LogP contribution in [0.1, 0.15) is 29.2 Å². The monoisotopic (exact) mass is 404 g/mol. The van der Waals surface area contributed by atoms with E-state index in [-0.39, 0.29) is 5.91 Å². The van der Waals surface area contributed by atoms with Gasteiger partial charge in [0, 0.05) is 28.5 Å². The van der Waals surface area contributed by atoms with E-state index in [0.717, 1.165) is 16.7 Å². The maximum Gasteiger partial charge on any atom is 0.251 e.